The Morgan fingerprint density at radius 2 is 2.15 bits per heavy atom. The SMILES string of the molecule is O=C1CCC(C(=O)NCCC(O)c2ccc(F)cc2)N1. The zero-order chi connectivity index (χ0) is 14.5. The minimum atomic E-state index is -0.755. The lowest BCUT2D eigenvalue weighted by molar-refractivity contribution is -0.125. The van der Waals surface area contributed by atoms with Crippen LogP contribution in [0.3, 0.4) is 0 Å². The maximum atomic E-state index is 12.7. The Balaban J connectivity index is 1.73. The quantitative estimate of drug-likeness (QED) is 0.741. The number of nitrogens with one attached hydrogen (secondary N) is 2. The molecule has 0 bridgehead atoms. The molecule has 2 amide bonds. The van der Waals surface area contributed by atoms with Crippen LogP contribution in [0.15, 0.2) is 24.3 Å². The van der Waals surface area contributed by atoms with Crippen molar-refractivity contribution in [3.63, 3.8) is 0 Å². The molecule has 1 aromatic carbocycles. The number of halogens is 1. The molecule has 6 heteroatoms. The molecule has 0 saturated carbocycles. The molecule has 3 N–H and O–H groups in total. The number of hydrogen-bond donors (Lipinski definition) is 3. The highest BCUT2D eigenvalue weighted by atomic mass is 19.1. The molecule has 1 saturated heterocycles. The van der Waals surface area contributed by atoms with Crippen molar-refractivity contribution in [1.82, 2.24) is 10.6 Å². The van der Waals surface area contributed by atoms with Gasteiger partial charge in [0.05, 0.1) is 6.10 Å². The number of rotatable bonds is 5. The average Bonchev–Trinajstić information content (AvgIpc) is 2.86. The molecule has 1 aliphatic rings. The first-order chi connectivity index (χ1) is 9.56. The van der Waals surface area contributed by atoms with E-state index >= 15 is 0 Å². The van der Waals surface area contributed by atoms with E-state index in [1.165, 1.54) is 24.3 Å². The van der Waals surface area contributed by atoms with Gasteiger partial charge < -0.3 is 15.7 Å². The highest BCUT2D eigenvalue weighted by molar-refractivity contribution is 5.90. The van der Waals surface area contributed by atoms with Crippen LogP contribution in [0.25, 0.3) is 0 Å². The van der Waals surface area contributed by atoms with Gasteiger partial charge in [0.25, 0.3) is 0 Å². The van der Waals surface area contributed by atoms with Gasteiger partial charge in [0.15, 0.2) is 0 Å². The van der Waals surface area contributed by atoms with E-state index < -0.39 is 12.1 Å². The monoisotopic (exact) mass is 280 g/mol. The molecule has 1 heterocycles. The summed E-state index contributed by atoms with van der Waals surface area (Å²) in [6, 6.07) is 5.12. The highest BCUT2D eigenvalue weighted by Gasteiger charge is 2.26. The van der Waals surface area contributed by atoms with Crippen LogP contribution in [-0.2, 0) is 9.59 Å². The molecule has 1 fully saturated rings. The molecule has 2 unspecified atom stereocenters. The summed E-state index contributed by atoms with van der Waals surface area (Å²) in [5, 5.41) is 15.1. The van der Waals surface area contributed by atoms with E-state index in [2.05, 4.69) is 10.6 Å². The van der Waals surface area contributed by atoms with Crippen LogP contribution in [-0.4, -0.2) is 29.5 Å². The summed E-state index contributed by atoms with van der Waals surface area (Å²) in [5.74, 6) is -0.704. The molecule has 0 spiro atoms. The summed E-state index contributed by atoms with van der Waals surface area (Å²) >= 11 is 0. The van der Waals surface area contributed by atoms with E-state index in [9.17, 15) is 19.1 Å². The fraction of sp³-hybridized carbons (Fsp3) is 0.429. The lowest BCUT2D eigenvalue weighted by Gasteiger charge is -2.14. The second kappa shape index (κ2) is 6.47. The minimum Gasteiger partial charge on any atom is -0.388 e. The van der Waals surface area contributed by atoms with Gasteiger partial charge in [-0.15, -0.1) is 0 Å². The van der Waals surface area contributed by atoms with Gasteiger partial charge in [-0.1, -0.05) is 12.1 Å². The molecule has 2 atom stereocenters. The number of aliphatic hydroxyl groups is 1. The second-order valence-electron chi connectivity index (χ2n) is 4.81. The van der Waals surface area contributed by atoms with Crippen LogP contribution in [0.4, 0.5) is 4.39 Å². The Bertz CT molecular complexity index is 490. The summed E-state index contributed by atoms with van der Waals surface area (Å²) in [7, 11) is 0. The van der Waals surface area contributed by atoms with Crippen LogP contribution in [0.5, 0.6) is 0 Å². The van der Waals surface area contributed by atoms with E-state index in [4.69, 9.17) is 0 Å². The van der Waals surface area contributed by atoms with E-state index in [1.807, 2.05) is 0 Å². The van der Waals surface area contributed by atoms with Crippen molar-refractivity contribution in [3.05, 3.63) is 35.6 Å². The normalized spacial score (nSPS) is 19.5. The maximum absolute atomic E-state index is 12.7. The van der Waals surface area contributed by atoms with Gasteiger partial charge >= 0.3 is 0 Å². The van der Waals surface area contributed by atoms with Gasteiger partial charge in [-0.25, -0.2) is 4.39 Å². The first-order valence-electron chi connectivity index (χ1n) is 6.57. The first kappa shape index (κ1) is 14.5. The van der Waals surface area contributed by atoms with Gasteiger partial charge in [0.1, 0.15) is 11.9 Å². The molecule has 5 nitrogen and oxygen atoms in total. The Labute approximate surface area is 116 Å². The largest absolute Gasteiger partial charge is 0.388 e. The number of carbonyl (C=O) groups excluding carboxylic acids is 2. The number of amides is 2. The van der Waals surface area contributed by atoms with Crippen LogP contribution in [0, 0.1) is 5.82 Å². The van der Waals surface area contributed by atoms with Gasteiger partial charge in [-0.3, -0.25) is 9.59 Å². The van der Waals surface area contributed by atoms with E-state index in [0.717, 1.165) is 0 Å². The molecule has 2 rings (SSSR count). The highest BCUT2D eigenvalue weighted by Crippen LogP contribution is 2.16. The van der Waals surface area contributed by atoms with Crippen molar-refractivity contribution in [2.75, 3.05) is 6.54 Å². The topological polar surface area (TPSA) is 78.4 Å². The Morgan fingerprint density at radius 1 is 1.45 bits per heavy atom. The summed E-state index contributed by atoms with van der Waals surface area (Å²) in [6.45, 7) is 0.295. The first-order valence-corrected chi connectivity index (χ1v) is 6.57. The summed E-state index contributed by atoms with van der Waals surface area (Å²) in [5.41, 5.74) is 0.606. The van der Waals surface area contributed by atoms with E-state index in [1.54, 1.807) is 0 Å². The van der Waals surface area contributed by atoms with Crippen molar-refractivity contribution < 1.29 is 19.1 Å². The predicted octanol–water partition coefficient (Wildman–Crippen LogP) is 0.644. The Morgan fingerprint density at radius 3 is 2.75 bits per heavy atom. The molecule has 0 aromatic heterocycles. The number of benzene rings is 1. The lowest BCUT2D eigenvalue weighted by Crippen LogP contribution is -2.42. The van der Waals surface area contributed by atoms with E-state index in [-0.39, 0.29) is 17.6 Å². The van der Waals surface area contributed by atoms with Gasteiger partial charge in [0.2, 0.25) is 11.8 Å². The third-order valence-corrected chi connectivity index (χ3v) is 3.28. The van der Waals surface area contributed by atoms with Crippen molar-refractivity contribution in [2.45, 2.75) is 31.4 Å². The second-order valence-corrected chi connectivity index (χ2v) is 4.81. The van der Waals surface area contributed by atoms with Crippen LogP contribution < -0.4 is 10.6 Å². The minimum absolute atomic E-state index is 0.114. The zero-order valence-electron chi connectivity index (χ0n) is 10.9. The molecular formula is C14H17FN2O3. The molecule has 108 valence electrons. The standard InChI is InChI=1S/C14H17FN2O3/c15-10-3-1-9(2-4-10)12(18)7-8-16-14(20)11-5-6-13(19)17-11/h1-4,11-12,18H,5-8H2,(H,16,20)(H,17,19). The van der Waals surface area contributed by atoms with Crippen molar-refractivity contribution in [2.24, 2.45) is 0 Å². The fourth-order valence-corrected chi connectivity index (χ4v) is 2.12. The summed E-state index contributed by atoms with van der Waals surface area (Å²) in [6.07, 6.45) is 0.452. The van der Waals surface area contributed by atoms with Crippen LogP contribution in [0.2, 0.25) is 0 Å². The van der Waals surface area contributed by atoms with Crippen molar-refractivity contribution in [3.8, 4) is 0 Å². The number of carbonyl (C=O) groups is 2. The van der Waals surface area contributed by atoms with Crippen LogP contribution >= 0.6 is 0 Å². The summed E-state index contributed by atoms with van der Waals surface area (Å²) < 4.78 is 12.7. The number of hydrogen-bond acceptors (Lipinski definition) is 3. The number of aliphatic hydroxyl groups excluding tert-OH is 1. The molecule has 0 radical (unpaired) electrons. The molecule has 20 heavy (non-hydrogen) atoms. The predicted molar refractivity (Wildman–Crippen MR) is 70.2 cm³/mol. The lowest BCUT2D eigenvalue weighted by atomic mass is 10.1. The zero-order valence-corrected chi connectivity index (χ0v) is 10.9. The van der Waals surface area contributed by atoms with Gasteiger partial charge in [-0.2, -0.15) is 0 Å². The fourth-order valence-electron chi connectivity index (χ4n) is 2.12. The molecular weight excluding hydrogens is 263 g/mol. The van der Waals surface area contributed by atoms with Crippen molar-refractivity contribution >= 4 is 11.8 Å². The molecule has 1 aliphatic heterocycles. The van der Waals surface area contributed by atoms with E-state index in [0.29, 0.717) is 31.4 Å². The third-order valence-electron chi connectivity index (χ3n) is 3.28. The average molecular weight is 280 g/mol. The molecule has 1 aromatic rings. The third kappa shape index (κ3) is 3.77. The van der Waals surface area contributed by atoms with Gasteiger partial charge in [0, 0.05) is 13.0 Å². The summed E-state index contributed by atoms with van der Waals surface area (Å²) in [4.78, 5) is 22.7. The Kier molecular flexibility index (Phi) is 4.68. The van der Waals surface area contributed by atoms with Crippen LogP contribution in [0.1, 0.15) is 30.9 Å². The molecule has 0 aliphatic carbocycles. The maximum Gasteiger partial charge on any atom is 0.242 e. The smallest absolute Gasteiger partial charge is 0.242 e. The Hall–Kier alpha value is -1.95. The van der Waals surface area contributed by atoms with Gasteiger partial charge in [-0.05, 0) is 30.5 Å². The van der Waals surface area contributed by atoms with Crippen molar-refractivity contribution in [1.29, 1.82) is 0 Å².